The number of nitrogens with two attached hydrogens (primary N) is 1. The van der Waals surface area contributed by atoms with Crippen molar-refractivity contribution in [1.82, 2.24) is 0 Å². The number of rotatable bonds is 14. The van der Waals surface area contributed by atoms with E-state index in [1.165, 1.54) is 0 Å². The van der Waals surface area contributed by atoms with Crippen LogP contribution in [0.5, 0.6) is 23.0 Å². The van der Waals surface area contributed by atoms with Crippen molar-refractivity contribution in [1.29, 1.82) is 0 Å². The van der Waals surface area contributed by atoms with Gasteiger partial charge < -0.3 is 29.8 Å². The Morgan fingerprint density at radius 3 is 1.76 bits per heavy atom. The molecule has 1 aromatic carbocycles. The number of benzene rings is 1. The highest BCUT2D eigenvalue weighted by Crippen LogP contribution is 2.46. The highest BCUT2D eigenvalue weighted by Gasteiger charge is 2.33. The summed E-state index contributed by atoms with van der Waals surface area (Å²) in [4.78, 5) is 11.5. The number of hydrogen-bond donors (Lipinski definition) is 2. The van der Waals surface area contributed by atoms with E-state index in [4.69, 9.17) is 24.7 Å². The van der Waals surface area contributed by atoms with Crippen LogP contribution >= 0.6 is 0 Å². The predicted molar refractivity (Wildman–Crippen MR) is 113 cm³/mol. The molecule has 0 aliphatic heterocycles. The zero-order valence-corrected chi connectivity index (χ0v) is 18.7. The van der Waals surface area contributed by atoms with Crippen LogP contribution in [0.1, 0.15) is 59.9 Å². The van der Waals surface area contributed by atoms with Crippen LogP contribution in [0.2, 0.25) is 0 Å². The van der Waals surface area contributed by atoms with Gasteiger partial charge in [-0.1, -0.05) is 13.3 Å². The predicted octanol–water partition coefficient (Wildman–Crippen LogP) is 4.04. The second-order valence-corrected chi connectivity index (χ2v) is 7.15. The number of aliphatic carboxylic acids is 1. The van der Waals surface area contributed by atoms with E-state index in [0.29, 0.717) is 62.3 Å². The summed E-state index contributed by atoms with van der Waals surface area (Å²) in [5.74, 6) is 1.44. The Morgan fingerprint density at radius 1 is 0.966 bits per heavy atom. The molecule has 0 amide bonds. The maximum absolute atomic E-state index is 11.5. The molecule has 0 saturated carbocycles. The van der Waals surface area contributed by atoms with E-state index in [0.717, 1.165) is 12.0 Å². The van der Waals surface area contributed by atoms with Gasteiger partial charge in [-0.3, -0.25) is 4.79 Å². The Balaban J connectivity index is 3.52. The van der Waals surface area contributed by atoms with E-state index < -0.39 is 11.5 Å². The van der Waals surface area contributed by atoms with E-state index in [-0.39, 0.29) is 5.92 Å². The van der Waals surface area contributed by atoms with Gasteiger partial charge in [0, 0.05) is 11.6 Å². The number of carboxylic acid groups (broad SMARTS) is 1. The smallest absolute Gasteiger partial charge is 0.323 e. The van der Waals surface area contributed by atoms with Gasteiger partial charge in [0.2, 0.25) is 0 Å². The van der Waals surface area contributed by atoms with E-state index in [2.05, 4.69) is 0 Å². The number of carbonyl (C=O) groups is 1. The second-order valence-electron chi connectivity index (χ2n) is 7.15. The average Bonchev–Trinajstić information content (AvgIpc) is 2.66. The van der Waals surface area contributed by atoms with Crippen LogP contribution in [-0.4, -0.2) is 43.0 Å². The molecule has 0 aromatic heterocycles. The molecule has 166 valence electrons. The van der Waals surface area contributed by atoms with Gasteiger partial charge in [0.25, 0.3) is 0 Å². The fourth-order valence-electron chi connectivity index (χ4n) is 3.30. The maximum atomic E-state index is 11.5. The van der Waals surface area contributed by atoms with Crippen LogP contribution in [0.15, 0.2) is 6.07 Å². The summed E-state index contributed by atoms with van der Waals surface area (Å²) in [7, 11) is 0. The Hall–Kier alpha value is -2.15. The Kier molecular flexibility index (Phi) is 10.1. The van der Waals surface area contributed by atoms with Crippen molar-refractivity contribution in [2.24, 2.45) is 11.7 Å². The fraction of sp³-hybridized carbons (Fsp3) is 0.682. The van der Waals surface area contributed by atoms with Gasteiger partial charge in [0.1, 0.15) is 5.54 Å². The van der Waals surface area contributed by atoms with Crippen LogP contribution in [0, 0.1) is 5.92 Å². The Bertz CT molecular complexity index is 625. The molecule has 2 atom stereocenters. The zero-order chi connectivity index (χ0) is 22.0. The summed E-state index contributed by atoms with van der Waals surface area (Å²) in [5, 5.41) is 9.44. The minimum atomic E-state index is -1.31. The van der Waals surface area contributed by atoms with Crippen molar-refractivity contribution in [3.8, 4) is 23.0 Å². The molecule has 3 N–H and O–H groups in total. The lowest BCUT2D eigenvalue weighted by molar-refractivity contribution is -0.143. The Labute approximate surface area is 174 Å². The standard InChI is InChI=1S/C22H37NO6/c1-7-15(14-22(6,23)21(24)25)12-16-19(28-10-4)17(26-8-2)13-18(27-9-3)20(16)29-11-5/h13,15H,7-12,14,23H2,1-6H3,(H,24,25). The lowest BCUT2D eigenvalue weighted by Gasteiger charge is -2.27. The first-order chi connectivity index (χ1) is 13.7. The van der Waals surface area contributed by atoms with Gasteiger partial charge in [-0.25, -0.2) is 0 Å². The fourth-order valence-corrected chi connectivity index (χ4v) is 3.30. The highest BCUT2D eigenvalue weighted by atomic mass is 16.5. The van der Waals surface area contributed by atoms with Crippen molar-refractivity contribution >= 4 is 5.97 Å². The van der Waals surface area contributed by atoms with E-state index in [1.807, 2.05) is 34.6 Å². The van der Waals surface area contributed by atoms with Crippen molar-refractivity contribution < 1.29 is 28.8 Å². The summed E-state index contributed by atoms with van der Waals surface area (Å²) >= 11 is 0. The van der Waals surface area contributed by atoms with Crippen LogP contribution in [0.3, 0.4) is 0 Å². The zero-order valence-electron chi connectivity index (χ0n) is 18.7. The Morgan fingerprint density at radius 2 is 1.41 bits per heavy atom. The van der Waals surface area contributed by atoms with Crippen molar-refractivity contribution in [2.45, 2.75) is 66.3 Å². The number of hydrogen-bond acceptors (Lipinski definition) is 6. The lowest BCUT2D eigenvalue weighted by Crippen LogP contribution is -2.46. The summed E-state index contributed by atoms with van der Waals surface area (Å²) in [6.45, 7) is 13.1. The molecular formula is C22H37NO6. The van der Waals surface area contributed by atoms with Crippen LogP contribution in [-0.2, 0) is 11.2 Å². The quantitative estimate of drug-likeness (QED) is 0.476. The third-order valence-electron chi connectivity index (χ3n) is 4.71. The van der Waals surface area contributed by atoms with Gasteiger partial charge in [-0.2, -0.15) is 0 Å². The van der Waals surface area contributed by atoms with Gasteiger partial charge in [-0.15, -0.1) is 0 Å². The minimum absolute atomic E-state index is 0.0193. The highest BCUT2D eigenvalue weighted by molar-refractivity contribution is 5.77. The van der Waals surface area contributed by atoms with Crippen LogP contribution in [0.4, 0.5) is 0 Å². The molecule has 7 nitrogen and oxygen atoms in total. The summed E-state index contributed by atoms with van der Waals surface area (Å²) in [6, 6.07) is 1.80. The molecule has 7 heteroatoms. The molecular weight excluding hydrogens is 374 g/mol. The molecule has 0 heterocycles. The van der Waals surface area contributed by atoms with Gasteiger partial charge in [0.15, 0.2) is 23.0 Å². The summed E-state index contributed by atoms with van der Waals surface area (Å²) in [6.07, 6.45) is 1.64. The van der Waals surface area contributed by atoms with Gasteiger partial charge in [-0.05, 0) is 53.4 Å². The molecule has 0 fully saturated rings. The number of ether oxygens (including phenoxy) is 4. The van der Waals surface area contributed by atoms with E-state index in [1.54, 1.807) is 13.0 Å². The third kappa shape index (κ3) is 6.70. The van der Waals surface area contributed by atoms with Gasteiger partial charge in [0.05, 0.1) is 26.4 Å². The maximum Gasteiger partial charge on any atom is 0.323 e. The molecule has 0 aliphatic carbocycles. The van der Waals surface area contributed by atoms with Crippen molar-refractivity contribution in [3.05, 3.63) is 11.6 Å². The molecule has 0 radical (unpaired) electrons. The van der Waals surface area contributed by atoms with Crippen LogP contribution in [0.25, 0.3) is 0 Å². The first kappa shape index (κ1) is 24.9. The first-order valence-corrected chi connectivity index (χ1v) is 10.5. The monoisotopic (exact) mass is 411 g/mol. The van der Waals surface area contributed by atoms with Gasteiger partial charge >= 0.3 is 5.97 Å². The molecule has 1 rings (SSSR count). The molecule has 0 saturated heterocycles. The van der Waals surface area contributed by atoms with E-state index in [9.17, 15) is 9.90 Å². The molecule has 2 unspecified atom stereocenters. The normalized spacial score (nSPS) is 14.0. The van der Waals surface area contributed by atoms with Crippen molar-refractivity contribution in [2.75, 3.05) is 26.4 Å². The SMILES string of the molecule is CCOc1cc(OCC)c(OCC)c(CC(CC)CC(C)(N)C(=O)O)c1OCC. The molecule has 0 bridgehead atoms. The molecule has 29 heavy (non-hydrogen) atoms. The first-order valence-electron chi connectivity index (χ1n) is 10.5. The van der Waals surface area contributed by atoms with E-state index >= 15 is 0 Å². The molecule has 0 spiro atoms. The topological polar surface area (TPSA) is 100 Å². The summed E-state index contributed by atoms with van der Waals surface area (Å²) < 4.78 is 23.6. The lowest BCUT2D eigenvalue weighted by atomic mass is 9.84. The van der Waals surface area contributed by atoms with Crippen LogP contribution < -0.4 is 24.7 Å². The summed E-state index contributed by atoms with van der Waals surface area (Å²) in [5.41, 5.74) is 5.55. The number of carboxylic acids is 1. The average molecular weight is 412 g/mol. The molecule has 0 aliphatic rings. The minimum Gasteiger partial charge on any atom is -0.490 e. The molecule has 1 aromatic rings. The third-order valence-corrected chi connectivity index (χ3v) is 4.71. The largest absolute Gasteiger partial charge is 0.490 e. The van der Waals surface area contributed by atoms with Crippen molar-refractivity contribution in [3.63, 3.8) is 0 Å². The second kappa shape index (κ2) is 11.8.